The van der Waals surface area contributed by atoms with Crippen LogP contribution in [0.25, 0.3) is 0 Å². The van der Waals surface area contributed by atoms with Gasteiger partial charge in [-0.05, 0) is 30.8 Å². The Kier molecular flexibility index (Phi) is 5.06. The third kappa shape index (κ3) is 5.14. The molecule has 0 aromatic heterocycles. The average molecular weight is 221 g/mol. The van der Waals surface area contributed by atoms with Crippen LogP contribution in [0.4, 0.5) is 0 Å². The summed E-state index contributed by atoms with van der Waals surface area (Å²) in [7, 11) is -1.42. The normalized spacial score (nSPS) is 11.7. The zero-order chi connectivity index (χ0) is 11.1. The molecule has 0 bridgehead atoms. The molecule has 0 aliphatic carbocycles. The van der Waals surface area contributed by atoms with Crippen molar-refractivity contribution in [2.75, 3.05) is 0 Å². The lowest BCUT2D eigenvalue weighted by Crippen LogP contribution is -2.29. The first-order valence-corrected chi connectivity index (χ1v) is 8.84. The molecule has 0 saturated carbocycles. The van der Waals surface area contributed by atoms with Gasteiger partial charge in [-0.3, -0.25) is 0 Å². The van der Waals surface area contributed by atoms with Crippen LogP contribution in [0.3, 0.4) is 0 Å². The molecule has 1 rings (SSSR count). The molecule has 2 heteroatoms. The fourth-order valence-electron chi connectivity index (χ4n) is 1.47. The van der Waals surface area contributed by atoms with Gasteiger partial charge >= 0.3 is 0 Å². The van der Waals surface area contributed by atoms with E-state index in [1.165, 1.54) is 24.4 Å². The van der Waals surface area contributed by atoms with Gasteiger partial charge in [0.2, 0.25) is 0 Å². The van der Waals surface area contributed by atoms with Crippen LogP contribution in [-0.2, 0) is 11.0 Å². The van der Waals surface area contributed by atoms with Crippen LogP contribution in [-0.4, -0.2) is 8.32 Å². The van der Waals surface area contributed by atoms with Crippen molar-refractivity contribution in [3.63, 3.8) is 0 Å². The van der Waals surface area contributed by atoms with Gasteiger partial charge in [0.15, 0.2) is 8.32 Å². The maximum atomic E-state index is 6.04. The van der Waals surface area contributed by atoms with Gasteiger partial charge in [-0.1, -0.05) is 44.0 Å². The Hall–Kier alpha value is -0.603. The molecule has 1 aromatic carbocycles. The lowest BCUT2D eigenvalue weighted by molar-refractivity contribution is 0.294. The van der Waals surface area contributed by atoms with Crippen LogP contribution in [0.2, 0.25) is 19.1 Å². The van der Waals surface area contributed by atoms with Crippen LogP contribution >= 0.6 is 0 Å². The first kappa shape index (κ1) is 12.5. The van der Waals surface area contributed by atoms with E-state index < -0.39 is 8.32 Å². The van der Waals surface area contributed by atoms with Gasteiger partial charge in [-0.2, -0.15) is 0 Å². The van der Waals surface area contributed by atoms with E-state index in [0.29, 0.717) is 0 Å². The maximum Gasteiger partial charge on any atom is 0.187 e. The zero-order valence-corrected chi connectivity index (χ0v) is 11.0. The Balaban J connectivity index is 2.35. The number of unbranched alkanes of at least 4 members (excludes halogenated alkanes) is 1. The van der Waals surface area contributed by atoms with E-state index in [9.17, 15) is 0 Å². The van der Waals surface area contributed by atoms with Crippen molar-refractivity contribution in [1.29, 1.82) is 0 Å². The maximum absolute atomic E-state index is 6.04. The van der Waals surface area contributed by atoms with Crippen LogP contribution in [0, 0.1) is 6.07 Å². The Bertz CT molecular complexity index is 269. The summed E-state index contributed by atoms with van der Waals surface area (Å²) in [5.74, 6) is 0. The van der Waals surface area contributed by atoms with E-state index in [1.807, 2.05) is 12.1 Å². The molecule has 1 aromatic rings. The molecule has 0 unspecified atom stereocenters. The summed E-state index contributed by atoms with van der Waals surface area (Å²) >= 11 is 0. The van der Waals surface area contributed by atoms with Crippen LogP contribution in [0.5, 0.6) is 0 Å². The minimum atomic E-state index is -1.42. The van der Waals surface area contributed by atoms with E-state index in [4.69, 9.17) is 4.43 Å². The molecule has 1 nitrogen and oxygen atoms in total. The molecular formula is C13H21OSi. The molecule has 0 spiro atoms. The number of hydrogen-bond acceptors (Lipinski definition) is 1. The van der Waals surface area contributed by atoms with E-state index in [2.05, 4.69) is 38.2 Å². The second-order valence-electron chi connectivity index (χ2n) is 4.56. The monoisotopic (exact) mass is 221 g/mol. The summed E-state index contributed by atoms with van der Waals surface area (Å²) < 4.78 is 6.04. The zero-order valence-electron chi connectivity index (χ0n) is 10.0. The molecule has 0 heterocycles. The summed E-state index contributed by atoms with van der Waals surface area (Å²) in [6, 6.07) is 12.3. The largest absolute Gasteiger partial charge is 0.413 e. The van der Waals surface area contributed by atoms with Crippen molar-refractivity contribution in [1.82, 2.24) is 0 Å². The smallest absolute Gasteiger partial charge is 0.187 e. The van der Waals surface area contributed by atoms with Gasteiger partial charge in [0, 0.05) is 0 Å². The van der Waals surface area contributed by atoms with Gasteiger partial charge in [-0.15, -0.1) is 0 Å². The molecular weight excluding hydrogens is 200 g/mol. The molecule has 0 aliphatic heterocycles. The summed E-state index contributed by atoms with van der Waals surface area (Å²) in [6.07, 6.45) is 2.56. The van der Waals surface area contributed by atoms with E-state index in [1.54, 1.807) is 0 Å². The van der Waals surface area contributed by atoms with Crippen molar-refractivity contribution in [2.24, 2.45) is 0 Å². The second kappa shape index (κ2) is 6.08. The third-order valence-corrected chi connectivity index (χ3v) is 5.03. The number of benzene rings is 1. The van der Waals surface area contributed by atoms with Crippen molar-refractivity contribution in [2.45, 2.75) is 45.5 Å². The number of hydrogen-bond donors (Lipinski definition) is 0. The van der Waals surface area contributed by atoms with E-state index in [0.717, 1.165) is 6.61 Å². The van der Waals surface area contributed by atoms with Crippen molar-refractivity contribution >= 4 is 8.32 Å². The molecule has 15 heavy (non-hydrogen) atoms. The summed E-state index contributed by atoms with van der Waals surface area (Å²) in [5.41, 5.74) is 1.26. The lowest BCUT2D eigenvalue weighted by Gasteiger charge is -2.22. The topological polar surface area (TPSA) is 9.23 Å². The molecule has 1 radical (unpaired) electrons. The first-order valence-electron chi connectivity index (χ1n) is 5.73. The van der Waals surface area contributed by atoms with Crippen molar-refractivity contribution < 1.29 is 4.43 Å². The summed E-state index contributed by atoms with van der Waals surface area (Å²) in [6.45, 7) is 7.60. The highest BCUT2D eigenvalue weighted by Crippen LogP contribution is 2.17. The fraction of sp³-hybridized carbons (Fsp3) is 0.538. The highest BCUT2D eigenvalue weighted by atomic mass is 28.4. The molecule has 0 fully saturated rings. The standard InChI is InChI=1S/C13H21OSi/c1-4-5-11-15(2,3)14-12-13-9-7-6-8-10-13/h7-10H,4-5,11-12H2,1-3H3. The fourth-order valence-corrected chi connectivity index (χ4v) is 3.38. The average Bonchev–Trinajstić information content (AvgIpc) is 2.25. The van der Waals surface area contributed by atoms with E-state index >= 15 is 0 Å². The number of rotatable bonds is 6. The molecule has 0 aliphatic rings. The quantitative estimate of drug-likeness (QED) is 0.660. The second-order valence-corrected chi connectivity index (χ2v) is 8.87. The third-order valence-electron chi connectivity index (χ3n) is 2.55. The van der Waals surface area contributed by atoms with Gasteiger partial charge in [0.1, 0.15) is 0 Å². The molecule has 0 N–H and O–H groups in total. The van der Waals surface area contributed by atoms with Gasteiger partial charge in [0.25, 0.3) is 0 Å². The molecule has 83 valence electrons. The van der Waals surface area contributed by atoms with Crippen LogP contribution in [0.1, 0.15) is 25.3 Å². The SMILES string of the molecule is CCCC[Si](C)(C)OCc1cc[c]cc1. The van der Waals surface area contributed by atoms with Crippen LogP contribution < -0.4 is 0 Å². The minimum Gasteiger partial charge on any atom is -0.413 e. The summed E-state index contributed by atoms with van der Waals surface area (Å²) in [5, 5.41) is 0. The Morgan fingerprint density at radius 1 is 1.27 bits per heavy atom. The highest BCUT2D eigenvalue weighted by Gasteiger charge is 2.21. The summed E-state index contributed by atoms with van der Waals surface area (Å²) in [4.78, 5) is 0. The lowest BCUT2D eigenvalue weighted by atomic mass is 10.2. The highest BCUT2D eigenvalue weighted by molar-refractivity contribution is 6.71. The van der Waals surface area contributed by atoms with Gasteiger partial charge in [-0.25, -0.2) is 0 Å². The first-order chi connectivity index (χ1) is 7.14. The Labute approximate surface area is 94.6 Å². The minimum absolute atomic E-state index is 0.762. The Morgan fingerprint density at radius 3 is 2.53 bits per heavy atom. The molecule has 0 amide bonds. The Morgan fingerprint density at radius 2 is 1.93 bits per heavy atom. The van der Waals surface area contributed by atoms with Gasteiger partial charge < -0.3 is 4.43 Å². The van der Waals surface area contributed by atoms with Crippen molar-refractivity contribution in [3.05, 3.63) is 35.9 Å². The van der Waals surface area contributed by atoms with Crippen molar-refractivity contribution in [3.8, 4) is 0 Å². The predicted molar refractivity (Wildman–Crippen MR) is 67.3 cm³/mol. The van der Waals surface area contributed by atoms with Gasteiger partial charge in [0.05, 0.1) is 6.61 Å². The van der Waals surface area contributed by atoms with E-state index in [-0.39, 0.29) is 0 Å². The van der Waals surface area contributed by atoms with Crippen LogP contribution in [0.15, 0.2) is 24.3 Å². The molecule has 0 atom stereocenters. The molecule has 0 saturated heterocycles. The predicted octanol–water partition coefficient (Wildman–Crippen LogP) is 4.01.